The standard InChI is InChI=1S/C13H22O2/c1-13(2,15)9-5-8-11-6-3-4-7-12(11)10-14/h10,15H,3-9H2,1-2H3. The molecule has 0 heterocycles. The lowest BCUT2D eigenvalue weighted by atomic mass is 9.88. The molecule has 0 amide bonds. The van der Waals surface area contributed by atoms with Gasteiger partial charge >= 0.3 is 0 Å². The first-order valence-corrected chi connectivity index (χ1v) is 5.91. The number of hydrogen-bond donors (Lipinski definition) is 1. The van der Waals surface area contributed by atoms with Crippen molar-refractivity contribution >= 4 is 6.29 Å². The van der Waals surface area contributed by atoms with Crippen LogP contribution in [0.3, 0.4) is 0 Å². The van der Waals surface area contributed by atoms with Gasteiger partial charge in [-0.3, -0.25) is 4.79 Å². The van der Waals surface area contributed by atoms with Crippen LogP contribution in [0.25, 0.3) is 0 Å². The van der Waals surface area contributed by atoms with Crippen molar-refractivity contribution in [1.82, 2.24) is 0 Å². The molecule has 0 atom stereocenters. The zero-order valence-corrected chi connectivity index (χ0v) is 9.88. The van der Waals surface area contributed by atoms with Crippen molar-refractivity contribution in [2.45, 2.75) is 64.4 Å². The molecule has 0 aromatic carbocycles. The summed E-state index contributed by atoms with van der Waals surface area (Å²) in [5, 5.41) is 9.58. The van der Waals surface area contributed by atoms with Gasteiger partial charge in [-0.05, 0) is 64.4 Å². The Morgan fingerprint density at radius 2 is 2.00 bits per heavy atom. The van der Waals surface area contributed by atoms with Crippen LogP contribution in [0.4, 0.5) is 0 Å². The van der Waals surface area contributed by atoms with E-state index in [-0.39, 0.29) is 0 Å². The summed E-state index contributed by atoms with van der Waals surface area (Å²) in [6, 6.07) is 0. The summed E-state index contributed by atoms with van der Waals surface area (Å²) in [6.07, 6.45) is 8.22. The fraction of sp³-hybridized carbons (Fsp3) is 0.769. The summed E-state index contributed by atoms with van der Waals surface area (Å²) in [7, 11) is 0. The fourth-order valence-electron chi connectivity index (χ4n) is 2.15. The van der Waals surface area contributed by atoms with Gasteiger partial charge in [0.2, 0.25) is 0 Å². The largest absolute Gasteiger partial charge is 0.390 e. The van der Waals surface area contributed by atoms with Crippen molar-refractivity contribution in [3.63, 3.8) is 0 Å². The predicted molar refractivity (Wildman–Crippen MR) is 61.7 cm³/mol. The van der Waals surface area contributed by atoms with Crippen LogP contribution in [0.15, 0.2) is 11.1 Å². The van der Waals surface area contributed by atoms with Crippen LogP contribution < -0.4 is 0 Å². The van der Waals surface area contributed by atoms with Crippen molar-refractivity contribution in [3.05, 3.63) is 11.1 Å². The summed E-state index contributed by atoms with van der Waals surface area (Å²) in [5.41, 5.74) is 1.79. The van der Waals surface area contributed by atoms with Gasteiger partial charge < -0.3 is 5.11 Å². The van der Waals surface area contributed by atoms with Gasteiger partial charge in [0.1, 0.15) is 6.29 Å². The Balaban J connectivity index is 2.42. The molecule has 0 radical (unpaired) electrons. The first-order valence-electron chi connectivity index (χ1n) is 5.91. The van der Waals surface area contributed by atoms with E-state index in [2.05, 4.69) is 0 Å². The monoisotopic (exact) mass is 210 g/mol. The zero-order valence-electron chi connectivity index (χ0n) is 9.88. The highest BCUT2D eigenvalue weighted by Crippen LogP contribution is 2.28. The van der Waals surface area contributed by atoms with Crippen LogP contribution in [0.2, 0.25) is 0 Å². The summed E-state index contributed by atoms with van der Waals surface area (Å²) in [6.45, 7) is 3.67. The molecule has 86 valence electrons. The minimum atomic E-state index is -0.573. The van der Waals surface area contributed by atoms with Crippen molar-refractivity contribution in [1.29, 1.82) is 0 Å². The number of carbonyl (C=O) groups is 1. The topological polar surface area (TPSA) is 37.3 Å². The van der Waals surface area contributed by atoms with Gasteiger partial charge in [-0.25, -0.2) is 0 Å². The fourth-order valence-corrected chi connectivity index (χ4v) is 2.15. The summed E-state index contributed by atoms with van der Waals surface area (Å²) >= 11 is 0. The molecule has 1 aliphatic carbocycles. The van der Waals surface area contributed by atoms with Crippen LogP contribution in [0, 0.1) is 0 Å². The van der Waals surface area contributed by atoms with Gasteiger partial charge in [-0.1, -0.05) is 5.57 Å². The highest BCUT2D eigenvalue weighted by Gasteiger charge is 2.15. The summed E-state index contributed by atoms with van der Waals surface area (Å²) in [4.78, 5) is 10.8. The average Bonchev–Trinajstić information content (AvgIpc) is 2.16. The van der Waals surface area contributed by atoms with E-state index in [1.54, 1.807) is 0 Å². The number of aliphatic hydroxyl groups is 1. The molecule has 1 rings (SSSR count). The molecule has 15 heavy (non-hydrogen) atoms. The van der Waals surface area contributed by atoms with Crippen LogP contribution in [0.1, 0.15) is 58.8 Å². The van der Waals surface area contributed by atoms with Gasteiger partial charge in [0, 0.05) is 0 Å². The van der Waals surface area contributed by atoms with E-state index in [0.717, 1.165) is 50.4 Å². The molecule has 0 bridgehead atoms. The molecule has 0 spiro atoms. The molecule has 0 unspecified atom stereocenters. The second-order valence-corrected chi connectivity index (χ2v) is 5.12. The van der Waals surface area contributed by atoms with Crippen LogP contribution in [-0.4, -0.2) is 17.0 Å². The van der Waals surface area contributed by atoms with E-state index in [1.807, 2.05) is 13.8 Å². The number of carbonyl (C=O) groups excluding carboxylic acids is 1. The lowest BCUT2D eigenvalue weighted by Crippen LogP contribution is -2.18. The molecule has 1 aliphatic rings. The van der Waals surface area contributed by atoms with Gasteiger partial charge in [0.15, 0.2) is 0 Å². The number of aldehydes is 1. The van der Waals surface area contributed by atoms with Crippen LogP contribution >= 0.6 is 0 Å². The van der Waals surface area contributed by atoms with Crippen LogP contribution in [0.5, 0.6) is 0 Å². The summed E-state index contributed by atoms with van der Waals surface area (Å²) < 4.78 is 0. The minimum Gasteiger partial charge on any atom is -0.390 e. The van der Waals surface area contributed by atoms with E-state index in [4.69, 9.17) is 0 Å². The van der Waals surface area contributed by atoms with E-state index in [0.29, 0.717) is 0 Å². The van der Waals surface area contributed by atoms with Gasteiger partial charge in [-0.2, -0.15) is 0 Å². The van der Waals surface area contributed by atoms with E-state index in [1.165, 1.54) is 12.0 Å². The molecular formula is C13H22O2. The quantitative estimate of drug-likeness (QED) is 0.708. The maximum Gasteiger partial charge on any atom is 0.145 e. The molecule has 0 saturated carbocycles. The van der Waals surface area contributed by atoms with Crippen molar-refractivity contribution in [3.8, 4) is 0 Å². The normalized spacial score (nSPS) is 18.1. The molecule has 0 aliphatic heterocycles. The number of allylic oxidation sites excluding steroid dienone is 2. The third kappa shape index (κ3) is 4.61. The highest BCUT2D eigenvalue weighted by atomic mass is 16.3. The Morgan fingerprint density at radius 1 is 1.33 bits per heavy atom. The van der Waals surface area contributed by atoms with E-state index >= 15 is 0 Å². The molecule has 0 saturated heterocycles. The predicted octanol–water partition coefficient (Wildman–Crippen LogP) is 3.00. The Morgan fingerprint density at radius 3 is 2.60 bits per heavy atom. The molecule has 0 fully saturated rings. The maximum absolute atomic E-state index is 10.8. The number of hydrogen-bond acceptors (Lipinski definition) is 2. The highest BCUT2D eigenvalue weighted by molar-refractivity contribution is 5.74. The average molecular weight is 210 g/mol. The van der Waals surface area contributed by atoms with E-state index in [9.17, 15) is 9.90 Å². The second-order valence-electron chi connectivity index (χ2n) is 5.12. The molecule has 0 aromatic rings. The van der Waals surface area contributed by atoms with Gasteiger partial charge in [-0.15, -0.1) is 0 Å². The molecule has 2 heteroatoms. The minimum absolute atomic E-state index is 0.573. The lowest BCUT2D eigenvalue weighted by Gasteiger charge is -2.20. The first kappa shape index (κ1) is 12.4. The third-order valence-electron chi connectivity index (χ3n) is 3.04. The maximum atomic E-state index is 10.8. The van der Waals surface area contributed by atoms with Crippen molar-refractivity contribution in [2.24, 2.45) is 0 Å². The Labute approximate surface area is 92.4 Å². The second kappa shape index (κ2) is 5.45. The molecular weight excluding hydrogens is 188 g/mol. The smallest absolute Gasteiger partial charge is 0.145 e. The first-order chi connectivity index (χ1) is 7.03. The Hall–Kier alpha value is -0.630. The third-order valence-corrected chi connectivity index (χ3v) is 3.04. The van der Waals surface area contributed by atoms with Crippen LogP contribution in [-0.2, 0) is 4.79 Å². The molecule has 0 aromatic heterocycles. The van der Waals surface area contributed by atoms with Gasteiger partial charge in [0.25, 0.3) is 0 Å². The SMILES string of the molecule is CC(C)(O)CCCC1=C(C=O)CCCC1. The molecule has 2 nitrogen and oxygen atoms in total. The Bertz CT molecular complexity index is 246. The number of rotatable bonds is 5. The summed E-state index contributed by atoms with van der Waals surface area (Å²) in [5.74, 6) is 0. The Kier molecular flexibility index (Phi) is 4.52. The molecule has 1 N–H and O–H groups in total. The van der Waals surface area contributed by atoms with Crippen molar-refractivity contribution < 1.29 is 9.90 Å². The van der Waals surface area contributed by atoms with E-state index < -0.39 is 5.60 Å². The van der Waals surface area contributed by atoms with Gasteiger partial charge in [0.05, 0.1) is 5.60 Å². The zero-order chi connectivity index (χ0) is 11.3. The van der Waals surface area contributed by atoms with Crippen molar-refractivity contribution in [2.75, 3.05) is 0 Å². The lowest BCUT2D eigenvalue weighted by molar-refractivity contribution is -0.105.